The first-order chi connectivity index (χ1) is 8.83. The molecule has 0 bridgehead atoms. The van der Waals surface area contributed by atoms with Crippen molar-refractivity contribution < 1.29 is 0 Å². The van der Waals surface area contributed by atoms with Gasteiger partial charge in [0, 0.05) is 26.7 Å². The monoisotopic (exact) mass is 319 g/mol. The number of aromatic nitrogens is 2. The molecule has 2 aromatic heterocycles. The van der Waals surface area contributed by atoms with Crippen LogP contribution >= 0.6 is 27.3 Å². The fourth-order valence-electron chi connectivity index (χ4n) is 1.78. The Bertz CT molecular complexity index is 675. The van der Waals surface area contributed by atoms with Gasteiger partial charge in [-0.15, -0.1) is 11.3 Å². The van der Waals surface area contributed by atoms with Crippen LogP contribution in [-0.4, -0.2) is 10.2 Å². The van der Waals surface area contributed by atoms with E-state index < -0.39 is 0 Å². The summed E-state index contributed by atoms with van der Waals surface area (Å²) in [5, 5.41) is 14.7. The largest absolute Gasteiger partial charge is 0.378 e. The number of anilines is 1. The topological polar surface area (TPSA) is 37.8 Å². The van der Waals surface area contributed by atoms with Crippen molar-refractivity contribution >= 4 is 43.9 Å². The van der Waals surface area contributed by atoms with Crippen LogP contribution in [0, 0.1) is 0 Å². The molecular weight excluding hydrogens is 310 g/mol. The van der Waals surface area contributed by atoms with E-state index >= 15 is 0 Å². The van der Waals surface area contributed by atoms with Crippen molar-refractivity contribution in [2.45, 2.75) is 6.54 Å². The summed E-state index contributed by atoms with van der Waals surface area (Å²) in [7, 11) is 0. The third kappa shape index (κ3) is 2.37. The standard InChI is InChI=1S/C13H10BrN3S/c14-9-5-10(18-8-9)6-15-13-7-16-17-12-4-2-1-3-11(12)13/h1-5,7-8H,6H2,(H,15,17). The molecule has 3 rings (SSSR count). The van der Waals surface area contributed by atoms with Gasteiger partial charge in [0.2, 0.25) is 0 Å². The van der Waals surface area contributed by atoms with Gasteiger partial charge in [-0.1, -0.05) is 18.2 Å². The van der Waals surface area contributed by atoms with E-state index in [1.165, 1.54) is 4.88 Å². The van der Waals surface area contributed by atoms with Gasteiger partial charge in [-0.3, -0.25) is 0 Å². The number of fused-ring (bicyclic) bond motifs is 1. The van der Waals surface area contributed by atoms with Gasteiger partial charge in [0.05, 0.1) is 17.4 Å². The molecule has 1 aromatic carbocycles. The number of halogens is 1. The van der Waals surface area contributed by atoms with Gasteiger partial charge >= 0.3 is 0 Å². The maximum Gasteiger partial charge on any atom is 0.0950 e. The van der Waals surface area contributed by atoms with Crippen molar-refractivity contribution in [2.24, 2.45) is 0 Å². The molecule has 5 heteroatoms. The minimum Gasteiger partial charge on any atom is -0.378 e. The average molecular weight is 320 g/mol. The molecule has 0 aliphatic rings. The molecule has 0 aliphatic carbocycles. The zero-order valence-electron chi connectivity index (χ0n) is 9.43. The molecule has 3 aromatic rings. The Morgan fingerprint density at radius 1 is 1.28 bits per heavy atom. The molecule has 3 nitrogen and oxygen atoms in total. The second kappa shape index (κ2) is 5.04. The van der Waals surface area contributed by atoms with Crippen molar-refractivity contribution in [1.29, 1.82) is 0 Å². The van der Waals surface area contributed by atoms with E-state index in [9.17, 15) is 0 Å². The predicted octanol–water partition coefficient (Wildman–Crippen LogP) is 4.07. The van der Waals surface area contributed by atoms with Crippen LogP contribution in [0.2, 0.25) is 0 Å². The van der Waals surface area contributed by atoms with Gasteiger partial charge in [-0.25, -0.2) is 0 Å². The van der Waals surface area contributed by atoms with Crippen LogP contribution < -0.4 is 5.32 Å². The van der Waals surface area contributed by atoms with E-state index in [0.29, 0.717) is 0 Å². The van der Waals surface area contributed by atoms with E-state index in [4.69, 9.17) is 0 Å². The third-order valence-corrected chi connectivity index (χ3v) is 4.32. The first-order valence-corrected chi connectivity index (χ1v) is 7.17. The van der Waals surface area contributed by atoms with Crippen molar-refractivity contribution in [3.63, 3.8) is 0 Å². The third-order valence-electron chi connectivity index (χ3n) is 2.62. The minimum absolute atomic E-state index is 0.798. The number of thiophene rings is 1. The number of hydrogen-bond donors (Lipinski definition) is 1. The summed E-state index contributed by atoms with van der Waals surface area (Å²) in [6, 6.07) is 10.1. The predicted molar refractivity (Wildman–Crippen MR) is 78.9 cm³/mol. The number of benzene rings is 1. The van der Waals surface area contributed by atoms with Crippen LogP contribution in [0.4, 0.5) is 5.69 Å². The van der Waals surface area contributed by atoms with Crippen LogP contribution in [0.1, 0.15) is 4.88 Å². The summed E-state index contributed by atoms with van der Waals surface area (Å²) in [5.74, 6) is 0. The Balaban J connectivity index is 1.86. The van der Waals surface area contributed by atoms with Crippen molar-refractivity contribution in [3.05, 3.63) is 51.3 Å². The van der Waals surface area contributed by atoms with Gasteiger partial charge in [0.1, 0.15) is 0 Å². The van der Waals surface area contributed by atoms with Crippen LogP contribution in [0.15, 0.2) is 46.4 Å². The molecule has 0 radical (unpaired) electrons. The second-order valence-corrected chi connectivity index (χ2v) is 5.77. The van der Waals surface area contributed by atoms with E-state index in [1.807, 2.05) is 18.2 Å². The quantitative estimate of drug-likeness (QED) is 0.790. The molecule has 1 N–H and O–H groups in total. The Morgan fingerprint density at radius 3 is 3.00 bits per heavy atom. The molecule has 0 saturated carbocycles. The van der Waals surface area contributed by atoms with E-state index in [-0.39, 0.29) is 0 Å². The van der Waals surface area contributed by atoms with Crippen molar-refractivity contribution in [1.82, 2.24) is 10.2 Å². The Morgan fingerprint density at radius 2 is 2.17 bits per heavy atom. The van der Waals surface area contributed by atoms with Gasteiger partial charge in [-0.05, 0) is 28.1 Å². The SMILES string of the molecule is Brc1csc(CNc2cnnc3ccccc23)c1. The lowest BCUT2D eigenvalue weighted by atomic mass is 10.2. The highest BCUT2D eigenvalue weighted by molar-refractivity contribution is 9.10. The molecule has 0 aliphatic heterocycles. The fraction of sp³-hybridized carbons (Fsp3) is 0.0769. The molecule has 0 unspecified atom stereocenters. The van der Waals surface area contributed by atoms with E-state index in [2.05, 4.69) is 49.0 Å². The van der Waals surface area contributed by atoms with Crippen LogP contribution in [0.25, 0.3) is 10.9 Å². The Kier molecular flexibility index (Phi) is 3.25. The lowest BCUT2D eigenvalue weighted by molar-refractivity contribution is 1.06. The van der Waals surface area contributed by atoms with Gasteiger partial charge in [0.25, 0.3) is 0 Å². The number of hydrogen-bond acceptors (Lipinski definition) is 4. The molecule has 0 saturated heterocycles. The van der Waals surface area contributed by atoms with Crippen LogP contribution in [0.5, 0.6) is 0 Å². The van der Waals surface area contributed by atoms with E-state index in [1.54, 1.807) is 17.5 Å². The lowest BCUT2D eigenvalue weighted by Gasteiger charge is -2.07. The molecule has 0 fully saturated rings. The van der Waals surface area contributed by atoms with Gasteiger partial charge in [-0.2, -0.15) is 10.2 Å². The highest BCUT2D eigenvalue weighted by Crippen LogP contribution is 2.23. The molecule has 90 valence electrons. The normalized spacial score (nSPS) is 10.7. The van der Waals surface area contributed by atoms with Gasteiger partial charge in [0.15, 0.2) is 0 Å². The summed E-state index contributed by atoms with van der Waals surface area (Å²) in [6.45, 7) is 0.798. The summed E-state index contributed by atoms with van der Waals surface area (Å²) in [6.07, 6.45) is 1.77. The highest BCUT2D eigenvalue weighted by atomic mass is 79.9. The molecule has 0 amide bonds. The summed E-state index contributed by atoms with van der Waals surface area (Å²) in [5.41, 5.74) is 1.93. The lowest BCUT2D eigenvalue weighted by Crippen LogP contribution is -1.99. The van der Waals surface area contributed by atoms with Gasteiger partial charge < -0.3 is 5.32 Å². The maximum atomic E-state index is 4.11. The Labute approximate surface area is 117 Å². The highest BCUT2D eigenvalue weighted by Gasteiger charge is 2.03. The van der Waals surface area contributed by atoms with Crippen LogP contribution in [-0.2, 0) is 6.54 Å². The maximum absolute atomic E-state index is 4.11. The molecule has 18 heavy (non-hydrogen) atoms. The molecular formula is C13H10BrN3S. The minimum atomic E-state index is 0.798. The molecule has 0 atom stereocenters. The summed E-state index contributed by atoms with van der Waals surface area (Å²) in [4.78, 5) is 1.28. The number of rotatable bonds is 3. The van der Waals surface area contributed by atoms with Crippen molar-refractivity contribution in [2.75, 3.05) is 5.32 Å². The molecule has 2 heterocycles. The van der Waals surface area contributed by atoms with E-state index in [0.717, 1.165) is 27.6 Å². The number of nitrogens with one attached hydrogen (secondary N) is 1. The molecule has 0 spiro atoms. The zero-order valence-corrected chi connectivity index (χ0v) is 11.8. The first kappa shape index (κ1) is 11.6. The fourth-order valence-corrected chi connectivity index (χ4v) is 3.17. The average Bonchev–Trinajstić information content (AvgIpc) is 2.82. The summed E-state index contributed by atoms with van der Waals surface area (Å²) < 4.78 is 1.13. The first-order valence-electron chi connectivity index (χ1n) is 5.50. The second-order valence-electron chi connectivity index (χ2n) is 3.86. The van der Waals surface area contributed by atoms with Crippen molar-refractivity contribution in [3.8, 4) is 0 Å². The zero-order chi connectivity index (χ0) is 12.4. The van der Waals surface area contributed by atoms with Crippen LogP contribution in [0.3, 0.4) is 0 Å². The summed E-state index contributed by atoms with van der Waals surface area (Å²) >= 11 is 5.19. The Hall–Kier alpha value is -1.46. The number of nitrogens with zero attached hydrogens (tertiary/aromatic N) is 2. The smallest absolute Gasteiger partial charge is 0.0950 e.